The molecule has 1 aromatic carbocycles. The van der Waals surface area contributed by atoms with E-state index >= 15 is 0 Å². The third-order valence-electron chi connectivity index (χ3n) is 4.47. The van der Waals surface area contributed by atoms with Crippen LogP contribution >= 0.6 is 0 Å². The number of likely N-dealkylation sites (N-methyl/N-ethyl adjacent to an activating group) is 1. The van der Waals surface area contributed by atoms with Gasteiger partial charge >= 0.3 is 0 Å². The Morgan fingerprint density at radius 3 is 2.67 bits per heavy atom. The summed E-state index contributed by atoms with van der Waals surface area (Å²) in [5, 5.41) is 3.36. The van der Waals surface area contributed by atoms with Crippen molar-refractivity contribution in [2.45, 2.75) is 38.5 Å². The van der Waals surface area contributed by atoms with Crippen LogP contribution in [0.25, 0.3) is 0 Å². The van der Waals surface area contributed by atoms with Crippen LogP contribution in [0.3, 0.4) is 0 Å². The van der Waals surface area contributed by atoms with E-state index in [1.165, 1.54) is 30.4 Å². The van der Waals surface area contributed by atoms with E-state index in [1.54, 1.807) is 7.11 Å². The van der Waals surface area contributed by atoms with Gasteiger partial charge in [0.25, 0.3) is 0 Å². The maximum atomic E-state index is 5.46. The highest BCUT2D eigenvalue weighted by Crippen LogP contribution is 2.49. The van der Waals surface area contributed by atoms with E-state index in [9.17, 15) is 0 Å². The molecule has 0 bridgehead atoms. The second-order valence-corrected chi connectivity index (χ2v) is 5.68. The van der Waals surface area contributed by atoms with Crippen LogP contribution in [0.1, 0.15) is 37.3 Å². The summed E-state index contributed by atoms with van der Waals surface area (Å²) >= 11 is 0. The summed E-state index contributed by atoms with van der Waals surface area (Å²) in [5.41, 5.74) is 2.98. The van der Waals surface area contributed by atoms with Gasteiger partial charge in [0.05, 0.1) is 7.11 Å². The van der Waals surface area contributed by atoms with E-state index in [4.69, 9.17) is 4.74 Å². The van der Waals surface area contributed by atoms with Crippen LogP contribution in [0.2, 0.25) is 0 Å². The molecule has 0 aromatic heterocycles. The highest BCUT2D eigenvalue weighted by atomic mass is 16.5. The molecule has 0 radical (unpaired) electrons. The molecule has 18 heavy (non-hydrogen) atoms. The molecule has 0 heterocycles. The lowest BCUT2D eigenvalue weighted by atomic mass is 9.58. The SMILES string of the molecule is CCC1CC(CNC)(c2ccc(C)c(OC)c2)C1. The number of ether oxygens (including phenoxy) is 1. The number of aryl methyl sites for hydroxylation is 1. The molecule has 100 valence electrons. The number of methoxy groups -OCH3 is 1. The molecule has 1 fully saturated rings. The zero-order valence-electron chi connectivity index (χ0n) is 12.0. The Morgan fingerprint density at radius 1 is 1.39 bits per heavy atom. The summed E-state index contributed by atoms with van der Waals surface area (Å²) in [7, 11) is 3.80. The molecule has 2 heteroatoms. The van der Waals surface area contributed by atoms with Crippen LogP contribution in [0.4, 0.5) is 0 Å². The normalized spacial score (nSPS) is 26.8. The van der Waals surface area contributed by atoms with Gasteiger partial charge in [0.1, 0.15) is 5.75 Å². The molecule has 0 aliphatic heterocycles. The zero-order valence-corrected chi connectivity index (χ0v) is 12.0. The van der Waals surface area contributed by atoms with E-state index in [2.05, 4.69) is 37.4 Å². The molecule has 2 rings (SSSR count). The van der Waals surface area contributed by atoms with Crippen molar-refractivity contribution in [1.82, 2.24) is 5.32 Å². The van der Waals surface area contributed by atoms with Crippen LogP contribution in [-0.2, 0) is 5.41 Å². The maximum absolute atomic E-state index is 5.46. The van der Waals surface area contributed by atoms with Crippen LogP contribution < -0.4 is 10.1 Å². The van der Waals surface area contributed by atoms with Gasteiger partial charge in [-0.3, -0.25) is 0 Å². The average Bonchev–Trinajstić information content (AvgIpc) is 2.34. The lowest BCUT2D eigenvalue weighted by Gasteiger charge is -2.48. The summed E-state index contributed by atoms with van der Waals surface area (Å²) in [6.07, 6.45) is 3.90. The number of nitrogens with one attached hydrogen (secondary N) is 1. The Hall–Kier alpha value is -1.02. The molecular formula is C16H25NO. The summed E-state index contributed by atoms with van der Waals surface area (Å²) in [5.74, 6) is 1.91. The van der Waals surface area contributed by atoms with Crippen molar-refractivity contribution in [3.63, 3.8) is 0 Å². The predicted octanol–water partition coefficient (Wildman–Crippen LogP) is 3.28. The van der Waals surface area contributed by atoms with E-state index in [1.807, 2.05) is 7.05 Å². The van der Waals surface area contributed by atoms with Crippen LogP contribution in [0.5, 0.6) is 5.75 Å². The molecule has 1 aliphatic carbocycles. The van der Waals surface area contributed by atoms with E-state index in [0.717, 1.165) is 18.2 Å². The summed E-state index contributed by atoms with van der Waals surface area (Å²) in [4.78, 5) is 0. The fraction of sp³-hybridized carbons (Fsp3) is 0.625. The first-order chi connectivity index (χ1) is 8.65. The zero-order chi connectivity index (χ0) is 13.2. The standard InChI is InChI=1S/C16H25NO/c1-5-13-9-16(10-13,11-17-3)14-7-6-12(2)15(8-14)18-4/h6-8,13,17H,5,9-11H2,1-4H3. The van der Waals surface area contributed by atoms with Crippen molar-refractivity contribution in [1.29, 1.82) is 0 Å². The molecule has 0 unspecified atom stereocenters. The Bertz CT molecular complexity index is 408. The fourth-order valence-corrected chi connectivity index (χ4v) is 3.30. The smallest absolute Gasteiger partial charge is 0.122 e. The van der Waals surface area contributed by atoms with Crippen molar-refractivity contribution in [2.24, 2.45) is 5.92 Å². The van der Waals surface area contributed by atoms with Crippen molar-refractivity contribution in [2.75, 3.05) is 20.7 Å². The average molecular weight is 247 g/mol. The number of hydrogen-bond donors (Lipinski definition) is 1. The highest BCUT2D eigenvalue weighted by molar-refractivity contribution is 5.41. The summed E-state index contributed by atoms with van der Waals surface area (Å²) in [6, 6.07) is 6.70. The second-order valence-electron chi connectivity index (χ2n) is 5.68. The number of rotatable bonds is 5. The van der Waals surface area contributed by atoms with Gasteiger partial charge in [-0.25, -0.2) is 0 Å². The molecule has 1 N–H and O–H groups in total. The molecule has 1 aromatic rings. The van der Waals surface area contributed by atoms with E-state index < -0.39 is 0 Å². The molecule has 2 nitrogen and oxygen atoms in total. The first kappa shape index (κ1) is 13.4. The monoisotopic (exact) mass is 247 g/mol. The second kappa shape index (κ2) is 5.31. The van der Waals surface area contributed by atoms with Crippen molar-refractivity contribution < 1.29 is 4.74 Å². The van der Waals surface area contributed by atoms with Crippen LogP contribution in [-0.4, -0.2) is 20.7 Å². The van der Waals surface area contributed by atoms with E-state index in [0.29, 0.717) is 5.41 Å². The third kappa shape index (κ3) is 2.26. The van der Waals surface area contributed by atoms with Crippen molar-refractivity contribution >= 4 is 0 Å². The Labute approximate surface area is 111 Å². The first-order valence-electron chi connectivity index (χ1n) is 6.95. The molecule has 0 amide bonds. The maximum Gasteiger partial charge on any atom is 0.122 e. The molecule has 0 atom stereocenters. The van der Waals surface area contributed by atoms with Crippen molar-refractivity contribution in [3.05, 3.63) is 29.3 Å². The minimum absolute atomic E-state index is 0.330. The lowest BCUT2D eigenvalue weighted by Crippen LogP contribution is -2.47. The van der Waals surface area contributed by atoms with Gasteiger partial charge in [0.2, 0.25) is 0 Å². The minimum Gasteiger partial charge on any atom is -0.496 e. The lowest BCUT2D eigenvalue weighted by molar-refractivity contribution is 0.136. The molecule has 0 spiro atoms. The van der Waals surface area contributed by atoms with Gasteiger partial charge in [-0.15, -0.1) is 0 Å². The van der Waals surface area contributed by atoms with Gasteiger partial charge in [-0.05, 0) is 49.9 Å². The summed E-state index contributed by atoms with van der Waals surface area (Å²) in [6.45, 7) is 5.46. The topological polar surface area (TPSA) is 21.3 Å². The molecule has 1 saturated carbocycles. The van der Waals surface area contributed by atoms with Crippen LogP contribution in [0, 0.1) is 12.8 Å². The fourth-order valence-electron chi connectivity index (χ4n) is 3.30. The largest absolute Gasteiger partial charge is 0.496 e. The van der Waals surface area contributed by atoms with E-state index in [-0.39, 0.29) is 0 Å². The highest BCUT2D eigenvalue weighted by Gasteiger charge is 2.44. The first-order valence-corrected chi connectivity index (χ1v) is 6.95. The molecule has 1 aliphatic rings. The number of benzene rings is 1. The van der Waals surface area contributed by atoms with Crippen molar-refractivity contribution in [3.8, 4) is 5.75 Å². The Balaban J connectivity index is 2.27. The minimum atomic E-state index is 0.330. The quantitative estimate of drug-likeness (QED) is 0.862. The summed E-state index contributed by atoms with van der Waals surface area (Å²) < 4.78 is 5.46. The van der Waals surface area contributed by atoms with Gasteiger partial charge in [0.15, 0.2) is 0 Å². The van der Waals surface area contributed by atoms with Gasteiger partial charge in [-0.1, -0.05) is 25.5 Å². The number of hydrogen-bond acceptors (Lipinski definition) is 2. The Morgan fingerprint density at radius 2 is 2.11 bits per heavy atom. The molecule has 0 saturated heterocycles. The van der Waals surface area contributed by atoms with Gasteiger partial charge < -0.3 is 10.1 Å². The van der Waals surface area contributed by atoms with Crippen LogP contribution in [0.15, 0.2) is 18.2 Å². The van der Waals surface area contributed by atoms with Gasteiger partial charge in [0, 0.05) is 12.0 Å². The Kier molecular flexibility index (Phi) is 3.96. The predicted molar refractivity (Wildman–Crippen MR) is 76.4 cm³/mol. The molecular weight excluding hydrogens is 222 g/mol. The third-order valence-corrected chi connectivity index (χ3v) is 4.47. The van der Waals surface area contributed by atoms with Gasteiger partial charge in [-0.2, -0.15) is 0 Å².